The third kappa shape index (κ3) is 4.31. The van der Waals surface area contributed by atoms with Crippen LogP contribution >= 0.6 is 0 Å². The average molecular weight is 441 g/mol. The van der Waals surface area contributed by atoms with Gasteiger partial charge in [0.1, 0.15) is 23.4 Å². The summed E-state index contributed by atoms with van der Waals surface area (Å²) in [6.07, 6.45) is -6.01. The molecule has 7 nitrogen and oxygen atoms in total. The topological polar surface area (TPSA) is 104 Å². The van der Waals surface area contributed by atoms with Gasteiger partial charge in [0.05, 0.1) is 7.11 Å². The van der Waals surface area contributed by atoms with Crippen molar-refractivity contribution in [3.63, 3.8) is 0 Å². The highest BCUT2D eigenvalue weighted by atomic mass is 19.4. The van der Waals surface area contributed by atoms with Gasteiger partial charge >= 0.3 is 6.18 Å². The summed E-state index contributed by atoms with van der Waals surface area (Å²) in [6, 6.07) is 6.28. The van der Waals surface area contributed by atoms with Crippen molar-refractivity contribution < 1.29 is 36.6 Å². The molecule has 166 valence electrons. The first-order valence-corrected chi connectivity index (χ1v) is 9.10. The van der Waals surface area contributed by atoms with Crippen molar-refractivity contribution in [3.8, 4) is 5.75 Å². The van der Waals surface area contributed by atoms with Crippen molar-refractivity contribution in [1.82, 2.24) is 4.98 Å². The highest BCUT2D eigenvalue weighted by molar-refractivity contribution is 5.97. The number of anilines is 1. The van der Waals surface area contributed by atoms with Gasteiger partial charge in [-0.3, -0.25) is 14.6 Å². The number of nitrogens with zero attached hydrogens (tertiary/aromatic N) is 1. The molecule has 1 aliphatic heterocycles. The first kappa shape index (κ1) is 22.5. The maximum Gasteiger partial charge on any atom is 0.417 e. The molecule has 31 heavy (non-hydrogen) atoms. The maximum absolute atomic E-state index is 14.6. The van der Waals surface area contributed by atoms with Gasteiger partial charge < -0.3 is 20.5 Å². The standard InChI is InChI=1S/C20H19F4N3O4/c1-19(20(22,23)24)9-11(15-12(21)4-3-5-14(15)30-2)16(31-19)18(29)27-10-6-7-26-13(8-10)17(25)28/h3-8,11,16H,9H2,1-2H3,(H2,25,28)(H,26,27,29)/t11-,16-,19-/m1/s1. The molecule has 3 atom stereocenters. The summed E-state index contributed by atoms with van der Waals surface area (Å²) in [7, 11) is 1.24. The van der Waals surface area contributed by atoms with E-state index in [0.717, 1.165) is 19.1 Å². The number of rotatable bonds is 5. The molecule has 0 bridgehead atoms. The zero-order valence-corrected chi connectivity index (χ0v) is 16.5. The third-order valence-corrected chi connectivity index (χ3v) is 5.10. The Labute approximate surface area is 174 Å². The summed E-state index contributed by atoms with van der Waals surface area (Å²) in [5, 5.41) is 2.38. The molecule has 1 fully saturated rings. The van der Waals surface area contributed by atoms with Crippen LogP contribution in [0, 0.1) is 5.82 Å². The van der Waals surface area contributed by atoms with E-state index in [1.54, 1.807) is 0 Å². The number of aromatic nitrogens is 1. The number of amides is 2. The molecular formula is C20H19F4N3O4. The molecule has 3 N–H and O–H groups in total. The number of hydrogen-bond acceptors (Lipinski definition) is 5. The Morgan fingerprint density at radius 2 is 2.03 bits per heavy atom. The summed E-state index contributed by atoms with van der Waals surface area (Å²) >= 11 is 0. The van der Waals surface area contributed by atoms with E-state index in [-0.39, 0.29) is 22.7 Å². The predicted molar refractivity (Wildman–Crippen MR) is 101 cm³/mol. The van der Waals surface area contributed by atoms with Crippen LogP contribution in [0.4, 0.5) is 23.2 Å². The lowest BCUT2D eigenvalue weighted by Crippen LogP contribution is -2.43. The van der Waals surface area contributed by atoms with Crippen LogP contribution in [0.3, 0.4) is 0 Å². The first-order chi connectivity index (χ1) is 14.5. The van der Waals surface area contributed by atoms with Gasteiger partial charge in [-0.25, -0.2) is 4.39 Å². The van der Waals surface area contributed by atoms with Gasteiger partial charge in [0.2, 0.25) is 0 Å². The summed E-state index contributed by atoms with van der Waals surface area (Å²) in [5.74, 6) is -3.92. The number of nitrogens with one attached hydrogen (secondary N) is 1. The van der Waals surface area contributed by atoms with Gasteiger partial charge in [-0.15, -0.1) is 0 Å². The third-order valence-electron chi connectivity index (χ3n) is 5.10. The summed E-state index contributed by atoms with van der Waals surface area (Å²) in [6.45, 7) is 0.804. The van der Waals surface area contributed by atoms with Crippen LogP contribution in [0.2, 0.25) is 0 Å². The number of halogens is 4. The molecule has 1 aromatic carbocycles. The Morgan fingerprint density at radius 1 is 1.32 bits per heavy atom. The van der Waals surface area contributed by atoms with E-state index >= 15 is 0 Å². The molecule has 1 saturated heterocycles. The largest absolute Gasteiger partial charge is 0.496 e. The predicted octanol–water partition coefficient (Wildman–Crippen LogP) is 3.16. The quantitative estimate of drug-likeness (QED) is 0.694. The molecule has 0 aliphatic carbocycles. The van der Waals surface area contributed by atoms with Crippen LogP contribution in [0.25, 0.3) is 0 Å². The van der Waals surface area contributed by atoms with E-state index in [2.05, 4.69) is 10.3 Å². The van der Waals surface area contributed by atoms with Crippen LogP contribution in [0.1, 0.15) is 35.3 Å². The van der Waals surface area contributed by atoms with Crippen molar-refractivity contribution in [1.29, 1.82) is 0 Å². The minimum absolute atomic E-state index is 0.00208. The lowest BCUT2D eigenvalue weighted by molar-refractivity contribution is -0.261. The van der Waals surface area contributed by atoms with Crippen molar-refractivity contribution in [3.05, 3.63) is 53.6 Å². The molecule has 2 aromatic rings. The fraction of sp³-hybridized carbons (Fsp3) is 0.350. The number of pyridine rings is 1. The summed E-state index contributed by atoms with van der Waals surface area (Å²) < 4.78 is 66.0. The van der Waals surface area contributed by atoms with E-state index in [0.29, 0.717) is 0 Å². The van der Waals surface area contributed by atoms with E-state index in [1.807, 2.05) is 0 Å². The number of carbonyl (C=O) groups is 2. The Kier molecular flexibility index (Phi) is 5.90. The number of primary amides is 1. The number of nitrogens with two attached hydrogens (primary N) is 1. The highest BCUT2D eigenvalue weighted by Crippen LogP contribution is 2.51. The van der Waals surface area contributed by atoms with Gasteiger partial charge in [0.15, 0.2) is 5.60 Å². The van der Waals surface area contributed by atoms with Crippen molar-refractivity contribution in [2.75, 3.05) is 12.4 Å². The second kappa shape index (κ2) is 8.14. The van der Waals surface area contributed by atoms with Gasteiger partial charge in [0.25, 0.3) is 11.8 Å². The molecule has 0 radical (unpaired) electrons. The number of carbonyl (C=O) groups excluding carboxylic acids is 2. The SMILES string of the molecule is COc1cccc(F)c1[C@H]1C[C@](C)(C(F)(F)F)O[C@H]1C(=O)Nc1ccnc(C(N)=O)c1. The van der Waals surface area contributed by atoms with E-state index in [9.17, 15) is 27.2 Å². The molecule has 1 aromatic heterocycles. The Balaban J connectivity index is 2.00. The van der Waals surface area contributed by atoms with Crippen molar-refractivity contribution in [2.24, 2.45) is 5.73 Å². The maximum atomic E-state index is 14.6. The molecular weight excluding hydrogens is 422 g/mol. The van der Waals surface area contributed by atoms with Crippen molar-refractivity contribution >= 4 is 17.5 Å². The second-order valence-corrected chi connectivity index (χ2v) is 7.22. The van der Waals surface area contributed by atoms with Gasteiger partial charge in [-0.2, -0.15) is 13.2 Å². The molecule has 2 heterocycles. The average Bonchev–Trinajstić information content (AvgIpc) is 3.06. The summed E-state index contributed by atoms with van der Waals surface area (Å²) in [5.41, 5.74) is 2.18. The Bertz CT molecular complexity index is 1010. The normalized spacial score (nSPS) is 23.4. The van der Waals surface area contributed by atoms with Crippen molar-refractivity contribution in [2.45, 2.75) is 37.1 Å². The fourth-order valence-electron chi connectivity index (χ4n) is 3.52. The molecule has 3 rings (SSSR count). The lowest BCUT2D eigenvalue weighted by Gasteiger charge is -2.27. The monoisotopic (exact) mass is 441 g/mol. The van der Waals surface area contributed by atoms with E-state index in [4.69, 9.17) is 15.2 Å². The lowest BCUT2D eigenvalue weighted by atomic mass is 9.85. The van der Waals surface area contributed by atoms with Crippen LogP contribution in [-0.2, 0) is 9.53 Å². The molecule has 0 spiro atoms. The van der Waals surface area contributed by atoms with E-state index in [1.165, 1.54) is 31.5 Å². The number of benzene rings is 1. The number of alkyl halides is 3. The van der Waals surface area contributed by atoms with Crippen LogP contribution < -0.4 is 15.8 Å². The van der Waals surface area contributed by atoms with Crippen LogP contribution in [-0.4, -0.2) is 41.8 Å². The number of ether oxygens (including phenoxy) is 2. The smallest absolute Gasteiger partial charge is 0.417 e. The highest BCUT2D eigenvalue weighted by Gasteiger charge is 2.61. The molecule has 2 amide bonds. The zero-order valence-electron chi connectivity index (χ0n) is 16.5. The number of methoxy groups -OCH3 is 1. The molecule has 0 saturated carbocycles. The summed E-state index contributed by atoms with van der Waals surface area (Å²) in [4.78, 5) is 27.9. The fourth-order valence-corrected chi connectivity index (χ4v) is 3.52. The first-order valence-electron chi connectivity index (χ1n) is 9.10. The zero-order chi connectivity index (χ0) is 23.0. The van der Waals surface area contributed by atoms with Gasteiger partial charge in [-0.05, 0) is 37.6 Å². The minimum Gasteiger partial charge on any atom is -0.496 e. The molecule has 0 unspecified atom stereocenters. The minimum atomic E-state index is -4.81. The van der Waals surface area contributed by atoms with Gasteiger partial charge in [-0.1, -0.05) is 6.07 Å². The molecule has 11 heteroatoms. The molecule has 1 aliphatic rings. The Hall–Kier alpha value is -3.21. The van der Waals surface area contributed by atoms with Gasteiger partial charge in [0, 0.05) is 23.4 Å². The second-order valence-electron chi connectivity index (χ2n) is 7.22. The van der Waals surface area contributed by atoms with E-state index < -0.39 is 47.9 Å². The van der Waals surface area contributed by atoms with Crippen LogP contribution in [0.5, 0.6) is 5.75 Å². The number of hydrogen-bond donors (Lipinski definition) is 2. The van der Waals surface area contributed by atoms with Crippen LogP contribution in [0.15, 0.2) is 36.5 Å². The Morgan fingerprint density at radius 3 is 2.65 bits per heavy atom.